The van der Waals surface area contributed by atoms with Crippen molar-refractivity contribution in [2.75, 3.05) is 31.1 Å². The van der Waals surface area contributed by atoms with E-state index >= 15 is 0 Å². The summed E-state index contributed by atoms with van der Waals surface area (Å²) in [6, 6.07) is 6.35. The molecule has 3 aromatic rings. The molecule has 1 saturated carbocycles. The topological polar surface area (TPSA) is 67.2 Å². The Hall–Kier alpha value is -3.03. The number of rotatable bonds is 6. The fraction of sp³-hybridized carbons (Fsp3) is 0.556. The Morgan fingerprint density at radius 3 is 2.43 bits per heavy atom. The van der Waals surface area contributed by atoms with Crippen LogP contribution in [0.2, 0.25) is 0 Å². The van der Waals surface area contributed by atoms with Crippen LogP contribution in [0, 0.1) is 18.7 Å². The lowest BCUT2D eigenvalue weighted by molar-refractivity contribution is -0.135. The largest absolute Gasteiger partial charge is 0.352 e. The van der Waals surface area contributed by atoms with Gasteiger partial charge in [0.1, 0.15) is 17.5 Å². The lowest BCUT2D eigenvalue weighted by atomic mass is 10.1. The quantitative estimate of drug-likeness (QED) is 0.499. The molecule has 1 saturated heterocycles. The average molecular weight is 479 g/mol. The van der Waals surface area contributed by atoms with E-state index in [0.29, 0.717) is 19.0 Å². The lowest BCUT2D eigenvalue weighted by Crippen LogP contribution is -2.50. The molecule has 5 rings (SSSR count). The summed E-state index contributed by atoms with van der Waals surface area (Å²) in [4.78, 5) is 27.3. The molecular formula is C27H35FN6O. The number of carbonyl (C=O) groups is 1. The van der Waals surface area contributed by atoms with Gasteiger partial charge in [0.15, 0.2) is 5.65 Å². The minimum atomic E-state index is -0.278. The van der Waals surface area contributed by atoms with Crippen molar-refractivity contribution in [3.8, 4) is 5.69 Å². The van der Waals surface area contributed by atoms with Gasteiger partial charge in [0.25, 0.3) is 0 Å². The number of carbonyl (C=O) groups excluding carboxylic acids is 1. The molecule has 3 heterocycles. The number of aromatic nitrogens is 4. The molecule has 7 nitrogen and oxygen atoms in total. The van der Waals surface area contributed by atoms with Gasteiger partial charge < -0.3 is 9.80 Å². The van der Waals surface area contributed by atoms with Crippen molar-refractivity contribution in [3.05, 3.63) is 41.6 Å². The van der Waals surface area contributed by atoms with E-state index in [0.717, 1.165) is 72.8 Å². The minimum absolute atomic E-state index is 0.213. The van der Waals surface area contributed by atoms with E-state index in [1.54, 1.807) is 16.8 Å². The van der Waals surface area contributed by atoms with Crippen LogP contribution < -0.4 is 4.90 Å². The van der Waals surface area contributed by atoms with Crippen molar-refractivity contribution in [2.45, 2.75) is 65.2 Å². The minimum Gasteiger partial charge on any atom is -0.352 e. The van der Waals surface area contributed by atoms with Crippen molar-refractivity contribution in [1.82, 2.24) is 24.6 Å². The van der Waals surface area contributed by atoms with Gasteiger partial charge in [-0.05, 0) is 50.5 Å². The lowest BCUT2D eigenvalue weighted by Gasteiger charge is -2.37. The van der Waals surface area contributed by atoms with Crippen LogP contribution in [0.25, 0.3) is 16.7 Å². The number of piperazine rings is 1. The maximum Gasteiger partial charge on any atom is 0.225 e. The van der Waals surface area contributed by atoms with E-state index in [9.17, 15) is 9.18 Å². The molecule has 0 spiro atoms. The fourth-order valence-corrected chi connectivity index (χ4v) is 5.52. The molecule has 2 aliphatic rings. The molecule has 35 heavy (non-hydrogen) atoms. The monoisotopic (exact) mass is 478 g/mol. The number of hydrogen-bond acceptors (Lipinski definition) is 5. The predicted molar refractivity (Wildman–Crippen MR) is 135 cm³/mol. The second-order valence-electron chi connectivity index (χ2n) is 10.1. The molecule has 0 bridgehead atoms. The van der Waals surface area contributed by atoms with Gasteiger partial charge in [-0.1, -0.05) is 33.1 Å². The summed E-state index contributed by atoms with van der Waals surface area (Å²) in [6.45, 7) is 9.23. The van der Waals surface area contributed by atoms with Gasteiger partial charge in [0, 0.05) is 38.0 Å². The highest BCUT2D eigenvalue weighted by Crippen LogP contribution is 2.33. The number of fused-ring (bicyclic) bond motifs is 1. The van der Waals surface area contributed by atoms with Crippen LogP contribution in [0.5, 0.6) is 0 Å². The SMILES string of the molecule is CCC[C@@H](C)c1nc(N2CCN(C(=O)C3CCCC3)CC2)c2c(C)nn(-c3ccc(F)cc3)c2n1. The first kappa shape index (κ1) is 23.7. The Bertz CT molecular complexity index is 1190. The first-order valence-corrected chi connectivity index (χ1v) is 13.0. The van der Waals surface area contributed by atoms with Crippen molar-refractivity contribution in [2.24, 2.45) is 5.92 Å². The van der Waals surface area contributed by atoms with Crippen LogP contribution in [0.1, 0.15) is 69.8 Å². The standard InChI is InChI=1S/C27H35FN6O/c1-4-7-18(2)24-29-25(32-14-16-33(17-15-32)27(35)20-8-5-6-9-20)23-19(3)31-34(26(23)30-24)22-12-10-21(28)11-13-22/h10-13,18,20H,4-9,14-17H2,1-3H3/t18-/m1/s1. The van der Waals surface area contributed by atoms with Gasteiger partial charge >= 0.3 is 0 Å². The van der Waals surface area contributed by atoms with Crippen LogP contribution in [0.3, 0.4) is 0 Å². The molecular weight excluding hydrogens is 443 g/mol. The van der Waals surface area contributed by atoms with E-state index in [2.05, 4.69) is 18.7 Å². The summed E-state index contributed by atoms with van der Waals surface area (Å²) in [7, 11) is 0. The Morgan fingerprint density at radius 1 is 1.09 bits per heavy atom. The van der Waals surface area contributed by atoms with Gasteiger partial charge in [-0.15, -0.1) is 0 Å². The zero-order valence-electron chi connectivity index (χ0n) is 21.0. The van der Waals surface area contributed by atoms with E-state index in [4.69, 9.17) is 15.1 Å². The molecule has 2 fully saturated rings. The Kier molecular flexibility index (Phi) is 6.71. The highest BCUT2D eigenvalue weighted by Gasteiger charge is 2.31. The molecule has 1 aliphatic carbocycles. The molecule has 1 aliphatic heterocycles. The number of amides is 1. The van der Waals surface area contributed by atoms with Gasteiger partial charge in [0.05, 0.1) is 16.8 Å². The highest BCUT2D eigenvalue weighted by atomic mass is 19.1. The van der Waals surface area contributed by atoms with E-state index < -0.39 is 0 Å². The molecule has 0 radical (unpaired) electrons. The molecule has 8 heteroatoms. The second-order valence-corrected chi connectivity index (χ2v) is 10.1. The van der Waals surface area contributed by atoms with Crippen LogP contribution in [-0.2, 0) is 4.79 Å². The molecule has 0 N–H and O–H groups in total. The van der Waals surface area contributed by atoms with Gasteiger partial charge in [-0.3, -0.25) is 4.79 Å². The van der Waals surface area contributed by atoms with Crippen molar-refractivity contribution in [1.29, 1.82) is 0 Å². The number of aryl methyl sites for hydroxylation is 1. The Morgan fingerprint density at radius 2 is 1.77 bits per heavy atom. The smallest absolute Gasteiger partial charge is 0.225 e. The second kappa shape index (κ2) is 9.91. The summed E-state index contributed by atoms with van der Waals surface area (Å²) < 4.78 is 15.4. The molecule has 1 aromatic carbocycles. The summed E-state index contributed by atoms with van der Waals surface area (Å²) >= 11 is 0. The Balaban J connectivity index is 1.50. The van der Waals surface area contributed by atoms with Crippen LogP contribution in [0.4, 0.5) is 10.2 Å². The molecule has 0 unspecified atom stereocenters. The maximum atomic E-state index is 13.6. The average Bonchev–Trinajstić information content (AvgIpc) is 3.53. The van der Waals surface area contributed by atoms with Crippen molar-refractivity contribution >= 4 is 22.8 Å². The van der Waals surface area contributed by atoms with Gasteiger partial charge in [-0.25, -0.2) is 19.0 Å². The molecule has 1 amide bonds. The number of hydrogen-bond donors (Lipinski definition) is 0. The molecule has 2 aromatic heterocycles. The number of benzene rings is 1. The van der Waals surface area contributed by atoms with E-state index in [1.807, 2.05) is 11.8 Å². The highest BCUT2D eigenvalue weighted by molar-refractivity contribution is 5.91. The third kappa shape index (κ3) is 4.62. The van der Waals surface area contributed by atoms with Gasteiger partial charge in [0.2, 0.25) is 5.91 Å². The molecule has 1 atom stereocenters. The zero-order chi connectivity index (χ0) is 24.5. The maximum absolute atomic E-state index is 13.6. The first-order valence-electron chi connectivity index (χ1n) is 13.0. The third-order valence-corrected chi connectivity index (χ3v) is 7.53. The number of halogens is 1. The third-order valence-electron chi connectivity index (χ3n) is 7.53. The summed E-state index contributed by atoms with van der Waals surface area (Å²) in [5.41, 5.74) is 2.37. The van der Waals surface area contributed by atoms with Crippen LogP contribution in [-0.4, -0.2) is 56.7 Å². The number of nitrogens with zero attached hydrogens (tertiary/aromatic N) is 6. The number of anilines is 1. The predicted octanol–water partition coefficient (Wildman–Crippen LogP) is 5.01. The van der Waals surface area contributed by atoms with E-state index in [-0.39, 0.29) is 17.7 Å². The zero-order valence-corrected chi connectivity index (χ0v) is 21.0. The van der Waals surface area contributed by atoms with Crippen LogP contribution >= 0.6 is 0 Å². The summed E-state index contributed by atoms with van der Waals surface area (Å²) in [6.07, 6.45) is 6.46. The normalized spacial score (nSPS) is 17.9. The Labute approximate surface area is 206 Å². The molecule has 186 valence electrons. The van der Waals surface area contributed by atoms with E-state index in [1.165, 1.54) is 25.0 Å². The summed E-state index contributed by atoms with van der Waals surface area (Å²) in [5, 5.41) is 5.72. The van der Waals surface area contributed by atoms with Crippen LogP contribution in [0.15, 0.2) is 24.3 Å². The first-order chi connectivity index (χ1) is 17.0. The summed E-state index contributed by atoms with van der Waals surface area (Å²) in [5.74, 6) is 2.18. The van der Waals surface area contributed by atoms with Crippen molar-refractivity contribution in [3.63, 3.8) is 0 Å². The van der Waals surface area contributed by atoms with Crippen molar-refractivity contribution < 1.29 is 9.18 Å². The van der Waals surface area contributed by atoms with Gasteiger partial charge in [-0.2, -0.15) is 5.10 Å². The fourth-order valence-electron chi connectivity index (χ4n) is 5.52.